The summed E-state index contributed by atoms with van der Waals surface area (Å²) in [7, 11) is 0. The SMILES string of the molecule is C[C@@H](N)c1ccc(OCC(=O)NC2CCOCC2)c(F)c1. The summed E-state index contributed by atoms with van der Waals surface area (Å²) in [5.41, 5.74) is 6.36. The van der Waals surface area contributed by atoms with Gasteiger partial charge >= 0.3 is 0 Å². The molecule has 0 spiro atoms. The second-order valence-electron chi connectivity index (χ2n) is 5.22. The predicted molar refractivity (Wildman–Crippen MR) is 76.5 cm³/mol. The van der Waals surface area contributed by atoms with Gasteiger partial charge in [-0.05, 0) is 37.5 Å². The molecule has 0 unspecified atom stereocenters. The third-order valence-corrected chi connectivity index (χ3v) is 3.43. The van der Waals surface area contributed by atoms with Crippen molar-refractivity contribution in [3.05, 3.63) is 29.6 Å². The van der Waals surface area contributed by atoms with Crippen LogP contribution in [0.15, 0.2) is 18.2 Å². The lowest BCUT2D eigenvalue weighted by molar-refractivity contribution is -0.124. The molecule has 0 aromatic heterocycles. The molecule has 3 N–H and O–H groups in total. The van der Waals surface area contributed by atoms with E-state index in [0.29, 0.717) is 18.8 Å². The number of ether oxygens (including phenoxy) is 2. The largest absolute Gasteiger partial charge is 0.481 e. The molecule has 1 amide bonds. The van der Waals surface area contributed by atoms with E-state index in [1.807, 2.05) is 0 Å². The molecule has 1 aromatic rings. The second-order valence-corrected chi connectivity index (χ2v) is 5.22. The Bertz CT molecular complexity index is 488. The minimum atomic E-state index is -0.510. The number of hydrogen-bond acceptors (Lipinski definition) is 4. The van der Waals surface area contributed by atoms with Crippen LogP contribution in [0.1, 0.15) is 31.4 Å². The standard InChI is InChI=1S/C15H21FN2O3/c1-10(17)11-2-3-14(13(16)8-11)21-9-15(19)18-12-4-6-20-7-5-12/h2-3,8,10,12H,4-7,9,17H2,1H3,(H,18,19)/t10-/m1/s1. The molecule has 21 heavy (non-hydrogen) atoms. The number of nitrogens with two attached hydrogens (primary N) is 1. The van der Waals surface area contributed by atoms with E-state index in [9.17, 15) is 9.18 Å². The summed E-state index contributed by atoms with van der Waals surface area (Å²) in [6.07, 6.45) is 1.59. The molecule has 0 bridgehead atoms. The van der Waals surface area contributed by atoms with E-state index >= 15 is 0 Å². The maximum absolute atomic E-state index is 13.8. The van der Waals surface area contributed by atoms with Crippen LogP contribution >= 0.6 is 0 Å². The molecule has 0 aliphatic carbocycles. The lowest BCUT2D eigenvalue weighted by Crippen LogP contribution is -2.41. The predicted octanol–water partition coefficient (Wildman–Crippen LogP) is 1.52. The van der Waals surface area contributed by atoms with Gasteiger partial charge in [0, 0.05) is 25.3 Å². The fourth-order valence-corrected chi connectivity index (χ4v) is 2.17. The summed E-state index contributed by atoms with van der Waals surface area (Å²) in [6.45, 7) is 2.88. The van der Waals surface area contributed by atoms with Gasteiger partial charge in [-0.15, -0.1) is 0 Å². The van der Waals surface area contributed by atoms with Crippen molar-refractivity contribution in [2.24, 2.45) is 5.73 Å². The maximum Gasteiger partial charge on any atom is 0.258 e. The molecule has 1 fully saturated rings. The van der Waals surface area contributed by atoms with Gasteiger partial charge in [0.2, 0.25) is 0 Å². The van der Waals surface area contributed by atoms with Crippen LogP contribution in [0.25, 0.3) is 0 Å². The zero-order chi connectivity index (χ0) is 15.2. The Hall–Kier alpha value is -1.66. The number of carbonyl (C=O) groups is 1. The Labute approximate surface area is 123 Å². The van der Waals surface area contributed by atoms with Crippen LogP contribution in [-0.2, 0) is 9.53 Å². The molecule has 1 atom stereocenters. The van der Waals surface area contributed by atoms with Gasteiger partial charge in [0.25, 0.3) is 5.91 Å². The Balaban J connectivity index is 1.83. The average molecular weight is 296 g/mol. The first kappa shape index (κ1) is 15.7. The molecule has 5 nitrogen and oxygen atoms in total. The molecule has 1 aromatic carbocycles. The fourth-order valence-electron chi connectivity index (χ4n) is 2.17. The van der Waals surface area contributed by atoms with E-state index in [2.05, 4.69) is 5.32 Å². The van der Waals surface area contributed by atoms with E-state index in [1.165, 1.54) is 12.1 Å². The van der Waals surface area contributed by atoms with Crippen LogP contribution in [0.2, 0.25) is 0 Å². The normalized spacial score (nSPS) is 17.3. The van der Waals surface area contributed by atoms with E-state index in [4.69, 9.17) is 15.2 Å². The molecule has 2 rings (SSSR count). The quantitative estimate of drug-likeness (QED) is 0.864. The number of hydrogen-bond donors (Lipinski definition) is 2. The van der Waals surface area contributed by atoms with Crippen molar-refractivity contribution < 1.29 is 18.7 Å². The highest BCUT2D eigenvalue weighted by Crippen LogP contribution is 2.21. The zero-order valence-corrected chi connectivity index (χ0v) is 12.1. The number of amides is 1. The first-order chi connectivity index (χ1) is 10.1. The van der Waals surface area contributed by atoms with Crippen molar-refractivity contribution in [1.29, 1.82) is 0 Å². The topological polar surface area (TPSA) is 73.6 Å². The fraction of sp³-hybridized carbons (Fsp3) is 0.533. The highest BCUT2D eigenvalue weighted by molar-refractivity contribution is 5.77. The van der Waals surface area contributed by atoms with Crippen molar-refractivity contribution in [2.75, 3.05) is 19.8 Å². The van der Waals surface area contributed by atoms with Gasteiger partial charge in [-0.1, -0.05) is 6.07 Å². The van der Waals surface area contributed by atoms with Gasteiger partial charge in [-0.3, -0.25) is 4.79 Å². The zero-order valence-electron chi connectivity index (χ0n) is 12.1. The first-order valence-corrected chi connectivity index (χ1v) is 7.11. The summed E-state index contributed by atoms with van der Waals surface area (Å²) >= 11 is 0. The van der Waals surface area contributed by atoms with Crippen LogP contribution < -0.4 is 15.8 Å². The molecular formula is C15H21FN2O3. The summed E-state index contributed by atoms with van der Waals surface area (Å²) < 4.78 is 24.2. The molecular weight excluding hydrogens is 275 g/mol. The van der Waals surface area contributed by atoms with Crippen molar-refractivity contribution in [3.8, 4) is 5.75 Å². The van der Waals surface area contributed by atoms with Gasteiger partial charge in [0.15, 0.2) is 18.2 Å². The number of benzene rings is 1. The van der Waals surface area contributed by atoms with Crippen molar-refractivity contribution >= 4 is 5.91 Å². The number of carbonyl (C=O) groups excluding carboxylic acids is 1. The van der Waals surface area contributed by atoms with Crippen LogP contribution in [0.4, 0.5) is 4.39 Å². The number of rotatable bonds is 5. The van der Waals surface area contributed by atoms with Gasteiger partial charge in [-0.25, -0.2) is 4.39 Å². The van der Waals surface area contributed by atoms with E-state index < -0.39 is 5.82 Å². The highest BCUT2D eigenvalue weighted by atomic mass is 19.1. The number of halogens is 1. The van der Waals surface area contributed by atoms with Crippen molar-refractivity contribution in [1.82, 2.24) is 5.32 Å². The van der Waals surface area contributed by atoms with E-state index in [-0.39, 0.29) is 30.3 Å². The molecule has 6 heteroatoms. The molecule has 116 valence electrons. The Morgan fingerprint density at radius 2 is 2.24 bits per heavy atom. The highest BCUT2D eigenvalue weighted by Gasteiger charge is 2.16. The summed E-state index contributed by atoms with van der Waals surface area (Å²) in [5, 5.41) is 2.85. The maximum atomic E-state index is 13.8. The number of nitrogens with one attached hydrogen (secondary N) is 1. The average Bonchev–Trinajstić information content (AvgIpc) is 2.47. The molecule has 1 heterocycles. The van der Waals surface area contributed by atoms with Crippen molar-refractivity contribution in [2.45, 2.75) is 31.8 Å². The van der Waals surface area contributed by atoms with Crippen molar-refractivity contribution in [3.63, 3.8) is 0 Å². The minimum absolute atomic E-state index is 0.0570. The monoisotopic (exact) mass is 296 g/mol. The first-order valence-electron chi connectivity index (χ1n) is 7.11. The van der Waals surface area contributed by atoms with Crippen LogP contribution in [0, 0.1) is 5.82 Å². The van der Waals surface area contributed by atoms with Gasteiger partial charge in [-0.2, -0.15) is 0 Å². The van der Waals surface area contributed by atoms with E-state index in [0.717, 1.165) is 12.8 Å². The molecule has 1 saturated heterocycles. The third kappa shape index (κ3) is 4.68. The van der Waals surface area contributed by atoms with Gasteiger partial charge < -0.3 is 20.5 Å². The smallest absolute Gasteiger partial charge is 0.258 e. The lowest BCUT2D eigenvalue weighted by atomic mass is 10.1. The lowest BCUT2D eigenvalue weighted by Gasteiger charge is -2.23. The third-order valence-electron chi connectivity index (χ3n) is 3.43. The van der Waals surface area contributed by atoms with Gasteiger partial charge in [0.05, 0.1) is 0 Å². The summed E-state index contributed by atoms with van der Waals surface area (Å²) in [4.78, 5) is 11.8. The van der Waals surface area contributed by atoms with Gasteiger partial charge in [0.1, 0.15) is 0 Å². The summed E-state index contributed by atoms with van der Waals surface area (Å²) in [5.74, 6) is -0.706. The molecule has 0 radical (unpaired) electrons. The van der Waals surface area contributed by atoms with E-state index in [1.54, 1.807) is 13.0 Å². The minimum Gasteiger partial charge on any atom is -0.481 e. The molecule has 1 aliphatic rings. The van der Waals surface area contributed by atoms with Crippen LogP contribution in [0.3, 0.4) is 0 Å². The van der Waals surface area contributed by atoms with Crippen LogP contribution in [0.5, 0.6) is 5.75 Å². The molecule has 0 saturated carbocycles. The Kier molecular flexibility index (Phi) is 5.52. The molecule has 1 aliphatic heterocycles. The Morgan fingerprint density at radius 3 is 2.86 bits per heavy atom. The van der Waals surface area contributed by atoms with Crippen LogP contribution in [-0.4, -0.2) is 31.8 Å². The Morgan fingerprint density at radius 1 is 1.52 bits per heavy atom. The summed E-state index contributed by atoms with van der Waals surface area (Å²) in [6, 6.07) is 4.39. The second kappa shape index (κ2) is 7.38.